The summed E-state index contributed by atoms with van der Waals surface area (Å²) >= 11 is 12.3. The quantitative estimate of drug-likeness (QED) is 0.798. The van der Waals surface area contributed by atoms with E-state index in [1.807, 2.05) is 14.1 Å². The number of pyridine rings is 1. The first-order valence-corrected chi connectivity index (χ1v) is 7.54. The topological polar surface area (TPSA) is 40.2 Å². The van der Waals surface area contributed by atoms with Gasteiger partial charge in [0.25, 0.3) is 0 Å². The maximum atomic E-state index is 6.19. The normalized spacial score (nSPS) is 11.8. The van der Waals surface area contributed by atoms with Gasteiger partial charge in [0.2, 0.25) is 0 Å². The first-order chi connectivity index (χ1) is 9.27. The average molecular weight is 319 g/mol. The molecule has 0 spiro atoms. The smallest absolute Gasteiger partial charge is 0.147 e. The van der Waals surface area contributed by atoms with Crippen molar-refractivity contribution in [3.63, 3.8) is 0 Å². The Labute approximate surface area is 131 Å². The van der Waals surface area contributed by atoms with Crippen LogP contribution in [0.15, 0.2) is 6.07 Å². The second-order valence-electron chi connectivity index (χ2n) is 5.64. The predicted molar refractivity (Wildman–Crippen MR) is 89.3 cm³/mol. The zero-order valence-corrected chi connectivity index (χ0v) is 14.4. The summed E-state index contributed by atoms with van der Waals surface area (Å²) in [6.07, 6.45) is 1.01. The molecule has 0 atom stereocenters. The molecule has 6 heteroatoms. The summed E-state index contributed by atoms with van der Waals surface area (Å²) in [4.78, 5) is 6.62. The number of aromatic nitrogens is 1. The van der Waals surface area contributed by atoms with Gasteiger partial charge in [-0.05, 0) is 40.4 Å². The molecule has 0 radical (unpaired) electrons. The molecule has 0 fully saturated rings. The summed E-state index contributed by atoms with van der Waals surface area (Å²) in [6, 6.07) is 1.72. The van der Waals surface area contributed by atoms with E-state index in [4.69, 9.17) is 23.2 Å². The molecular formula is C14H24Cl2N4. The molecule has 1 rings (SSSR count). The van der Waals surface area contributed by atoms with E-state index in [0.29, 0.717) is 21.7 Å². The lowest BCUT2D eigenvalue weighted by atomic mass is 10.0. The van der Waals surface area contributed by atoms with Crippen LogP contribution in [0.25, 0.3) is 0 Å². The Morgan fingerprint density at radius 2 is 1.70 bits per heavy atom. The van der Waals surface area contributed by atoms with Crippen molar-refractivity contribution in [1.29, 1.82) is 0 Å². The number of nitrogens with one attached hydrogen (secondary N) is 2. The van der Waals surface area contributed by atoms with Gasteiger partial charge in [-0.3, -0.25) is 0 Å². The van der Waals surface area contributed by atoms with Crippen LogP contribution in [0, 0.1) is 0 Å². The van der Waals surface area contributed by atoms with E-state index in [-0.39, 0.29) is 5.54 Å². The first kappa shape index (κ1) is 17.3. The molecule has 20 heavy (non-hydrogen) atoms. The van der Waals surface area contributed by atoms with Crippen LogP contribution < -0.4 is 10.6 Å². The first-order valence-electron chi connectivity index (χ1n) is 6.79. The van der Waals surface area contributed by atoms with Gasteiger partial charge in [-0.15, -0.1) is 0 Å². The molecule has 4 nitrogen and oxygen atoms in total. The average Bonchev–Trinajstić information content (AvgIpc) is 2.36. The molecule has 0 bridgehead atoms. The SMILES string of the molecule is CCCNc1nc(NCC(C)(C)N(C)C)c(Cl)cc1Cl. The summed E-state index contributed by atoms with van der Waals surface area (Å²) < 4.78 is 0. The Balaban J connectivity index is 2.84. The minimum Gasteiger partial charge on any atom is -0.369 e. The molecule has 0 saturated carbocycles. The summed E-state index contributed by atoms with van der Waals surface area (Å²) in [5.41, 5.74) is 0.00164. The highest BCUT2D eigenvalue weighted by Gasteiger charge is 2.21. The molecule has 1 aromatic heterocycles. The minimum atomic E-state index is 0.00164. The largest absolute Gasteiger partial charge is 0.369 e. The van der Waals surface area contributed by atoms with Gasteiger partial charge in [0.1, 0.15) is 11.6 Å². The third-order valence-corrected chi connectivity index (χ3v) is 3.95. The molecule has 0 amide bonds. The second kappa shape index (κ2) is 7.34. The molecule has 0 aromatic carbocycles. The fourth-order valence-corrected chi connectivity index (χ4v) is 1.91. The highest BCUT2D eigenvalue weighted by molar-refractivity contribution is 6.37. The van der Waals surface area contributed by atoms with Crippen LogP contribution in [0.3, 0.4) is 0 Å². The van der Waals surface area contributed by atoms with Gasteiger partial charge in [0.15, 0.2) is 0 Å². The van der Waals surface area contributed by atoms with Crippen molar-refractivity contribution in [2.45, 2.75) is 32.7 Å². The Kier molecular flexibility index (Phi) is 6.37. The molecule has 0 aliphatic rings. The van der Waals surface area contributed by atoms with E-state index in [1.54, 1.807) is 6.07 Å². The predicted octanol–water partition coefficient (Wildman–Crippen LogP) is 3.96. The fraction of sp³-hybridized carbons (Fsp3) is 0.643. The Morgan fingerprint density at radius 3 is 2.20 bits per heavy atom. The van der Waals surface area contributed by atoms with Crippen molar-refractivity contribution in [2.75, 3.05) is 37.8 Å². The van der Waals surface area contributed by atoms with E-state index < -0.39 is 0 Å². The van der Waals surface area contributed by atoms with Gasteiger partial charge in [-0.2, -0.15) is 0 Å². The summed E-state index contributed by atoms with van der Waals surface area (Å²) in [5, 5.41) is 7.57. The monoisotopic (exact) mass is 318 g/mol. The summed E-state index contributed by atoms with van der Waals surface area (Å²) in [5.74, 6) is 1.33. The molecule has 0 saturated heterocycles. The van der Waals surface area contributed by atoms with E-state index >= 15 is 0 Å². The molecule has 1 aromatic rings. The van der Waals surface area contributed by atoms with E-state index in [9.17, 15) is 0 Å². The Morgan fingerprint density at radius 1 is 1.15 bits per heavy atom. The molecule has 0 unspecified atom stereocenters. The van der Waals surface area contributed by atoms with Crippen LogP contribution in [0.4, 0.5) is 11.6 Å². The van der Waals surface area contributed by atoms with Crippen molar-refractivity contribution < 1.29 is 0 Å². The number of rotatable bonds is 7. The van der Waals surface area contributed by atoms with E-state index in [0.717, 1.165) is 19.5 Å². The van der Waals surface area contributed by atoms with Crippen molar-refractivity contribution in [2.24, 2.45) is 0 Å². The molecular weight excluding hydrogens is 295 g/mol. The maximum absolute atomic E-state index is 6.19. The van der Waals surface area contributed by atoms with E-state index in [1.165, 1.54) is 0 Å². The zero-order valence-electron chi connectivity index (χ0n) is 12.8. The van der Waals surface area contributed by atoms with Gasteiger partial charge in [0, 0.05) is 18.6 Å². The van der Waals surface area contributed by atoms with Crippen LogP contribution in [-0.4, -0.2) is 42.6 Å². The van der Waals surface area contributed by atoms with Gasteiger partial charge in [0.05, 0.1) is 10.0 Å². The number of halogens is 2. The lowest BCUT2D eigenvalue weighted by molar-refractivity contribution is 0.210. The Hall–Kier alpha value is -0.710. The number of nitrogens with zero attached hydrogens (tertiary/aromatic N) is 2. The number of likely N-dealkylation sites (N-methyl/N-ethyl adjacent to an activating group) is 1. The van der Waals surface area contributed by atoms with Crippen molar-refractivity contribution in [3.05, 3.63) is 16.1 Å². The number of anilines is 2. The number of hydrogen-bond acceptors (Lipinski definition) is 4. The van der Waals surface area contributed by atoms with Crippen LogP contribution in [0.5, 0.6) is 0 Å². The van der Waals surface area contributed by atoms with Gasteiger partial charge in [-0.1, -0.05) is 30.1 Å². The van der Waals surface area contributed by atoms with Gasteiger partial charge in [-0.25, -0.2) is 4.98 Å². The van der Waals surface area contributed by atoms with Crippen LogP contribution in [-0.2, 0) is 0 Å². The highest BCUT2D eigenvalue weighted by atomic mass is 35.5. The molecule has 0 aliphatic heterocycles. The van der Waals surface area contributed by atoms with E-state index in [2.05, 4.69) is 41.3 Å². The van der Waals surface area contributed by atoms with Crippen molar-refractivity contribution in [3.8, 4) is 0 Å². The third-order valence-electron chi connectivity index (χ3n) is 3.37. The lowest BCUT2D eigenvalue weighted by Crippen LogP contribution is -2.44. The van der Waals surface area contributed by atoms with Crippen LogP contribution >= 0.6 is 23.2 Å². The summed E-state index contributed by atoms with van der Waals surface area (Å²) in [6.45, 7) is 7.97. The van der Waals surface area contributed by atoms with Gasteiger partial charge < -0.3 is 15.5 Å². The molecule has 114 valence electrons. The standard InChI is InChI=1S/C14H24Cl2N4/c1-6-7-17-12-10(15)8-11(16)13(19-12)18-9-14(2,3)20(4)5/h8H,6-7,9H2,1-5H3,(H2,17,18,19). The Bertz CT molecular complexity index is 447. The fourth-order valence-electron chi connectivity index (χ4n) is 1.42. The van der Waals surface area contributed by atoms with Crippen LogP contribution in [0.2, 0.25) is 10.0 Å². The molecule has 2 N–H and O–H groups in total. The van der Waals surface area contributed by atoms with Crippen molar-refractivity contribution in [1.82, 2.24) is 9.88 Å². The second-order valence-corrected chi connectivity index (χ2v) is 6.45. The zero-order chi connectivity index (χ0) is 15.3. The molecule has 1 heterocycles. The highest BCUT2D eigenvalue weighted by Crippen LogP contribution is 2.29. The lowest BCUT2D eigenvalue weighted by Gasteiger charge is -2.33. The number of hydrogen-bond donors (Lipinski definition) is 2. The van der Waals surface area contributed by atoms with Crippen LogP contribution in [0.1, 0.15) is 27.2 Å². The molecule has 0 aliphatic carbocycles. The summed E-state index contributed by atoms with van der Waals surface area (Å²) in [7, 11) is 4.10. The van der Waals surface area contributed by atoms with Gasteiger partial charge >= 0.3 is 0 Å². The third kappa shape index (κ3) is 4.69. The maximum Gasteiger partial charge on any atom is 0.147 e. The van der Waals surface area contributed by atoms with Crippen molar-refractivity contribution >= 4 is 34.8 Å². The minimum absolute atomic E-state index is 0.00164.